The normalized spacial score (nSPS) is 11.4. The molecule has 0 saturated heterocycles. The zero-order valence-corrected chi connectivity index (χ0v) is 19.5. The van der Waals surface area contributed by atoms with E-state index in [4.69, 9.17) is 27.6 Å². The molecule has 0 aliphatic heterocycles. The largest absolute Gasteiger partial charge is 0.457 e. The molecule has 168 valence electrons. The Labute approximate surface area is 205 Å². The van der Waals surface area contributed by atoms with Crippen LogP contribution in [0.1, 0.15) is 11.3 Å². The summed E-state index contributed by atoms with van der Waals surface area (Å²) in [6.07, 6.45) is 3.00. The Hall–Kier alpha value is -3.87. The SMILES string of the molecule is Cc1ccc(-n2nc3ccc(NC(=O)/C=C/c4ccc(-c5cc(Cl)cc(Cl)c5)o4)cc3n2)cc1. The molecule has 0 fully saturated rings. The number of furan rings is 1. The summed E-state index contributed by atoms with van der Waals surface area (Å²) in [6, 6.07) is 22.1. The van der Waals surface area contributed by atoms with E-state index in [-0.39, 0.29) is 5.91 Å². The predicted octanol–water partition coefficient (Wildman–Crippen LogP) is 6.95. The first-order valence-corrected chi connectivity index (χ1v) is 11.2. The highest BCUT2D eigenvalue weighted by Crippen LogP contribution is 2.29. The number of hydrogen-bond donors (Lipinski definition) is 1. The van der Waals surface area contributed by atoms with E-state index < -0.39 is 0 Å². The Morgan fingerprint density at radius 1 is 0.912 bits per heavy atom. The standard InChI is InChI=1S/C26H18Cl2N4O2/c1-16-2-5-21(6-3-16)32-30-23-9-4-20(15-24(23)31-32)29-26(33)11-8-22-7-10-25(34-22)17-12-18(27)14-19(28)13-17/h2-15H,1H3,(H,29,33)/b11-8+. The molecule has 1 amide bonds. The molecule has 5 aromatic rings. The lowest BCUT2D eigenvalue weighted by Crippen LogP contribution is -2.07. The van der Waals surface area contributed by atoms with Gasteiger partial charge in [0.25, 0.3) is 0 Å². The topological polar surface area (TPSA) is 73.0 Å². The molecule has 0 radical (unpaired) electrons. The lowest BCUT2D eigenvalue weighted by Gasteiger charge is -2.01. The smallest absolute Gasteiger partial charge is 0.248 e. The third kappa shape index (κ3) is 4.88. The highest BCUT2D eigenvalue weighted by atomic mass is 35.5. The van der Waals surface area contributed by atoms with Crippen LogP contribution in [0.3, 0.4) is 0 Å². The number of hydrogen-bond acceptors (Lipinski definition) is 4. The Kier molecular flexibility index (Phi) is 5.92. The highest BCUT2D eigenvalue weighted by molar-refractivity contribution is 6.35. The average Bonchev–Trinajstić information content (AvgIpc) is 3.44. The lowest BCUT2D eigenvalue weighted by molar-refractivity contribution is -0.111. The van der Waals surface area contributed by atoms with Crippen molar-refractivity contribution in [3.63, 3.8) is 0 Å². The van der Waals surface area contributed by atoms with Crippen molar-refractivity contribution >= 4 is 51.9 Å². The van der Waals surface area contributed by atoms with Gasteiger partial charge < -0.3 is 9.73 Å². The number of nitrogens with zero attached hydrogens (tertiary/aromatic N) is 3. The van der Waals surface area contributed by atoms with Gasteiger partial charge >= 0.3 is 0 Å². The second kappa shape index (κ2) is 9.17. The minimum Gasteiger partial charge on any atom is -0.457 e. The van der Waals surface area contributed by atoms with E-state index in [2.05, 4.69) is 15.5 Å². The van der Waals surface area contributed by atoms with E-state index in [0.717, 1.165) is 22.3 Å². The fourth-order valence-corrected chi connectivity index (χ4v) is 3.95. The Bertz CT molecular complexity index is 1510. The monoisotopic (exact) mass is 488 g/mol. The summed E-state index contributed by atoms with van der Waals surface area (Å²) in [4.78, 5) is 14.0. The molecule has 0 aliphatic carbocycles. The molecule has 5 rings (SSSR count). The number of aromatic nitrogens is 3. The number of rotatable bonds is 5. The first-order chi connectivity index (χ1) is 16.4. The first kappa shape index (κ1) is 21.9. The van der Waals surface area contributed by atoms with Crippen LogP contribution in [-0.4, -0.2) is 20.9 Å². The van der Waals surface area contributed by atoms with E-state index in [0.29, 0.717) is 32.8 Å². The van der Waals surface area contributed by atoms with E-state index >= 15 is 0 Å². The summed E-state index contributed by atoms with van der Waals surface area (Å²) in [5, 5.41) is 12.9. The number of aryl methyl sites for hydroxylation is 1. The molecule has 0 spiro atoms. The van der Waals surface area contributed by atoms with Gasteiger partial charge in [-0.1, -0.05) is 40.9 Å². The van der Waals surface area contributed by atoms with Crippen molar-refractivity contribution in [3.05, 3.63) is 100 Å². The van der Waals surface area contributed by atoms with Gasteiger partial charge in [0, 0.05) is 27.4 Å². The number of anilines is 1. The number of amides is 1. The lowest BCUT2D eigenvalue weighted by atomic mass is 10.2. The van der Waals surface area contributed by atoms with Crippen molar-refractivity contribution in [3.8, 4) is 17.0 Å². The molecule has 0 bridgehead atoms. The minimum absolute atomic E-state index is 0.297. The third-order valence-electron chi connectivity index (χ3n) is 5.09. The summed E-state index contributed by atoms with van der Waals surface area (Å²) in [7, 11) is 0. The van der Waals surface area contributed by atoms with Crippen LogP contribution in [0.4, 0.5) is 5.69 Å². The molecule has 0 atom stereocenters. The Balaban J connectivity index is 1.28. The second-order valence-electron chi connectivity index (χ2n) is 7.71. The number of fused-ring (bicyclic) bond motifs is 1. The number of carbonyl (C=O) groups is 1. The zero-order valence-electron chi connectivity index (χ0n) is 18.0. The minimum atomic E-state index is -0.297. The summed E-state index contributed by atoms with van der Waals surface area (Å²) in [5.74, 6) is 0.832. The first-order valence-electron chi connectivity index (χ1n) is 10.4. The van der Waals surface area contributed by atoms with Crippen LogP contribution < -0.4 is 5.32 Å². The Morgan fingerprint density at radius 2 is 1.65 bits per heavy atom. The maximum Gasteiger partial charge on any atom is 0.248 e. The third-order valence-corrected chi connectivity index (χ3v) is 5.52. The van der Waals surface area contributed by atoms with Crippen molar-refractivity contribution in [1.82, 2.24) is 15.0 Å². The molecular weight excluding hydrogens is 471 g/mol. The molecule has 34 heavy (non-hydrogen) atoms. The molecule has 6 nitrogen and oxygen atoms in total. The van der Waals surface area contributed by atoms with Crippen molar-refractivity contribution in [2.45, 2.75) is 6.92 Å². The maximum absolute atomic E-state index is 12.4. The predicted molar refractivity (Wildman–Crippen MR) is 135 cm³/mol. The number of nitrogens with one attached hydrogen (secondary N) is 1. The van der Waals surface area contributed by atoms with Gasteiger partial charge in [-0.2, -0.15) is 4.80 Å². The average molecular weight is 489 g/mol. The van der Waals surface area contributed by atoms with Crippen LogP contribution in [0.2, 0.25) is 10.0 Å². The van der Waals surface area contributed by atoms with Crippen LogP contribution in [0.15, 0.2) is 83.3 Å². The van der Waals surface area contributed by atoms with E-state index in [9.17, 15) is 4.79 Å². The fraction of sp³-hybridized carbons (Fsp3) is 0.0385. The molecule has 0 aliphatic rings. The number of carbonyl (C=O) groups excluding carboxylic acids is 1. The van der Waals surface area contributed by atoms with Crippen LogP contribution in [0.25, 0.3) is 34.1 Å². The molecule has 2 aromatic heterocycles. The van der Waals surface area contributed by atoms with Crippen LogP contribution in [0.5, 0.6) is 0 Å². The van der Waals surface area contributed by atoms with E-state index in [1.807, 2.05) is 37.3 Å². The van der Waals surface area contributed by atoms with Gasteiger partial charge in [-0.3, -0.25) is 4.79 Å². The maximum atomic E-state index is 12.4. The quantitative estimate of drug-likeness (QED) is 0.271. The van der Waals surface area contributed by atoms with E-state index in [1.165, 1.54) is 6.08 Å². The van der Waals surface area contributed by atoms with Crippen molar-refractivity contribution in [2.75, 3.05) is 5.32 Å². The van der Waals surface area contributed by atoms with Gasteiger partial charge in [-0.25, -0.2) is 0 Å². The summed E-state index contributed by atoms with van der Waals surface area (Å²) in [5.41, 5.74) is 4.82. The van der Waals surface area contributed by atoms with Crippen LogP contribution in [0, 0.1) is 6.92 Å². The van der Waals surface area contributed by atoms with Crippen molar-refractivity contribution < 1.29 is 9.21 Å². The zero-order chi connectivity index (χ0) is 23.7. The number of halogens is 2. The summed E-state index contributed by atoms with van der Waals surface area (Å²) < 4.78 is 5.78. The van der Waals surface area contributed by atoms with Crippen molar-refractivity contribution in [2.24, 2.45) is 0 Å². The van der Waals surface area contributed by atoms with Gasteiger partial charge in [0.05, 0.1) is 5.69 Å². The second-order valence-corrected chi connectivity index (χ2v) is 8.58. The van der Waals surface area contributed by atoms with Gasteiger partial charge in [0.15, 0.2) is 0 Å². The fourth-order valence-electron chi connectivity index (χ4n) is 3.42. The molecule has 8 heteroatoms. The van der Waals surface area contributed by atoms with Gasteiger partial charge in [0.1, 0.15) is 22.6 Å². The van der Waals surface area contributed by atoms with Gasteiger partial charge in [0.2, 0.25) is 5.91 Å². The van der Waals surface area contributed by atoms with Gasteiger partial charge in [-0.05, 0) is 73.7 Å². The summed E-state index contributed by atoms with van der Waals surface area (Å²) in [6.45, 7) is 2.03. The van der Waals surface area contributed by atoms with Crippen LogP contribution >= 0.6 is 23.2 Å². The highest BCUT2D eigenvalue weighted by Gasteiger charge is 2.08. The molecule has 3 aromatic carbocycles. The molecular formula is C26H18Cl2N4O2. The Morgan fingerprint density at radius 3 is 2.41 bits per heavy atom. The van der Waals surface area contributed by atoms with E-state index in [1.54, 1.807) is 53.3 Å². The van der Waals surface area contributed by atoms with Crippen molar-refractivity contribution in [1.29, 1.82) is 0 Å². The molecule has 2 heterocycles. The number of benzene rings is 3. The van der Waals surface area contributed by atoms with Crippen LogP contribution in [-0.2, 0) is 4.79 Å². The van der Waals surface area contributed by atoms with Gasteiger partial charge in [-0.15, -0.1) is 10.2 Å². The molecule has 0 saturated carbocycles. The molecule has 0 unspecified atom stereocenters. The summed E-state index contributed by atoms with van der Waals surface area (Å²) >= 11 is 12.1. The molecule has 1 N–H and O–H groups in total.